The molecule has 0 radical (unpaired) electrons. The quantitative estimate of drug-likeness (QED) is 0.0305. The second-order valence-electron chi connectivity index (χ2n) is 41.7. The first-order valence-corrected chi connectivity index (χ1v) is 54.2. The Morgan fingerprint density at radius 2 is 0.633 bits per heavy atom. The standard InChI is InChI=1S/C15H22.C13H17F3.C13H20.C12H18O.C11H13F3.C11H16O3S.C11H16O.C10H10ClF3.C10H10F4.C10H13F.C10H13NO2/c1-11(2)15-12(3)7-6-10-14(15)13-8-4-5-9-13;1-4-6-10-7-5-8-11(13(14,15)16)12(10)9(2)3;1-9(2)12-8-6-7-11(5)13(12)10(3)4;1-5-13-11-8-6-7-10(4)12(11)9(2)3;1-7(2)10-8(3)5-4-6-9(10)11(12,13)14;1-8(2)11-9(3)6-5-7-10(11)14-15(4,12)13;1-8(2)11-9(3)6-5-7-10(11)12-4;2*1-6(2)9-7(10(12,13)14)4-3-5-8(9)11;1-7(2)10-8(3)5-4-6-9(10)11;1-7(2)10-8(3)5-4-6-9(10)11(12)13/h6-7,10-11,13H,4-5,8-9H2,1-3H3;5,7-9H,4,6H2,1-3H3;6-10H,1-5H3;6-9H,5H2,1-4H3;4-7H,1-3H3;5-8H,1-4H3;5-8H,1-4H3;2*3-6H,1-2H3;4-7H,1-3H3;4-7H,1-3H3. The third-order valence-electron chi connectivity index (χ3n) is 25.2. The van der Waals surface area contributed by atoms with Gasteiger partial charge in [0.15, 0.2) is 0 Å². The average Bonchev–Trinajstić information content (AvgIpc) is 0.880. The van der Waals surface area contributed by atoms with Gasteiger partial charge in [-0.3, -0.25) is 10.1 Å². The summed E-state index contributed by atoms with van der Waals surface area (Å²) >= 11 is 5.73. The van der Waals surface area contributed by atoms with Crippen molar-refractivity contribution in [2.45, 2.75) is 376 Å². The van der Waals surface area contributed by atoms with Crippen LogP contribution in [0.25, 0.3) is 0 Å². The lowest BCUT2D eigenvalue weighted by molar-refractivity contribution is -0.385. The Balaban J connectivity index is 0.000000558. The lowest BCUT2D eigenvalue weighted by Gasteiger charge is -2.20. The van der Waals surface area contributed by atoms with Gasteiger partial charge in [-0.25, -0.2) is 8.78 Å². The van der Waals surface area contributed by atoms with E-state index >= 15 is 0 Å². The molecule has 1 fully saturated rings. The van der Waals surface area contributed by atoms with Gasteiger partial charge in [-0.15, -0.1) is 0 Å². The number of hydrogen-bond donors (Lipinski definition) is 0. The van der Waals surface area contributed by atoms with Crippen LogP contribution >= 0.6 is 11.6 Å². The maximum absolute atomic E-state index is 13.1. The number of hydrogen-bond acceptors (Lipinski definition) is 7. The van der Waals surface area contributed by atoms with Crippen LogP contribution in [0.4, 0.5) is 67.2 Å². The van der Waals surface area contributed by atoms with Gasteiger partial charge in [0.1, 0.15) is 28.9 Å². The number of nitro benzene ring substituents is 1. The molecule has 24 heteroatoms. The summed E-state index contributed by atoms with van der Waals surface area (Å²) in [6.45, 7) is 69.0. The molecule has 0 heterocycles. The Morgan fingerprint density at radius 3 is 0.960 bits per heavy atom. The van der Waals surface area contributed by atoms with Crippen LogP contribution in [0.3, 0.4) is 0 Å². The van der Waals surface area contributed by atoms with Crippen LogP contribution in [0.2, 0.25) is 5.02 Å². The largest absolute Gasteiger partial charge is 0.496 e. The van der Waals surface area contributed by atoms with E-state index < -0.39 is 68.8 Å². The molecule has 0 saturated heterocycles. The Labute approximate surface area is 894 Å². The summed E-state index contributed by atoms with van der Waals surface area (Å²) in [6, 6.07) is 57.3. The van der Waals surface area contributed by atoms with Gasteiger partial charge in [0, 0.05) is 27.8 Å². The van der Waals surface area contributed by atoms with E-state index in [1.165, 1.54) is 120 Å². The molecule has 0 amide bonds. The number of benzene rings is 11. The van der Waals surface area contributed by atoms with Crippen molar-refractivity contribution in [3.05, 3.63) is 372 Å². The van der Waals surface area contributed by atoms with Crippen molar-refractivity contribution in [2.24, 2.45) is 0 Å². The summed E-state index contributed by atoms with van der Waals surface area (Å²) in [6.07, 6.45) is -9.02. The number of nitrogens with zero attached hydrogens (tertiary/aromatic N) is 1. The second kappa shape index (κ2) is 63.2. The van der Waals surface area contributed by atoms with Crippen molar-refractivity contribution in [2.75, 3.05) is 20.0 Å². The van der Waals surface area contributed by atoms with Gasteiger partial charge in [-0.2, -0.15) is 61.1 Å². The van der Waals surface area contributed by atoms with Crippen molar-refractivity contribution < 1.29 is 88.5 Å². The first kappa shape index (κ1) is 136. The minimum absolute atomic E-state index is 0.0833. The zero-order valence-corrected chi connectivity index (χ0v) is 97.0. The molecule has 1 saturated carbocycles. The van der Waals surface area contributed by atoms with Gasteiger partial charge < -0.3 is 13.7 Å². The lowest BCUT2D eigenvalue weighted by Crippen LogP contribution is -2.12. The van der Waals surface area contributed by atoms with Crippen LogP contribution in [-0.2, 0) is 41.2 Å². The third-order valence-corrected chi connectivity index (χ3v) is 26.0. The number of ether oxygens (including phenoxy) is 2. The zero-order valence-electron chi connectivity index (χ0n) is 95.4. The first-order valence-electron chi connectivity index (χ1n) is 52.0. The molecule has 1 aliphatic rings. The molecule has 0 spiro atoms. The maximum atomic E-state index is 13.1. The predicted molar refractivity (Wildman–Crippen MR) is 598 cm³/mol. The fraction of sp³-hybridized carbons (Fsp3) is 0.476. The molecule has 12 rings (SSSR count). The molecule has 1 aliphatic carbocycles. The molecule has 8 nitrogen and oxygen atoms in total. The fourth-order valence-electron chi connectivity index (χ4n) is 19.4. The molecule has 11 aromatic carbocycles. The van der Waals surface area contributed by atoms with E-state index in [0.29, 0.717) is 58.5 Å². The minimum atomic E-state index is -4.48. The van der Waals surface area contributed by atoms with Gasteiger partial charge in [-0.05, 0) is 325 Å². The molecule has 0 bridgehead atoms. The Morgan fingerprint density at radius 1 is 0.340 bits per heavy atom. The van der Waals surface area contributed by atoms with Gasteiger partial charge in [0.2, 0.25) is 0 Å². The van der Waals surface area contributed by atoms with E-state index in [4.69, 9.17) is 25.3 Å². The van der Waals surface area contributed by atoms with Crippen LogP contribution < -0.4 is 13.7 Å². The number of halogens is 15. The van der Waals surface area contributed by atoms with Crippen LogP contribution in [-0.4, -0.2) is 33.3 Å². The molecule has 11 aromatic rings. The minimum Gasteiger partial charge on any atom is -0.496 e. The number of nitro groups is 1. The number of methoxy groups -OCH3 is 1. The smallest absolute Gasteiger partial charge is 0.416 e. The van der Waals surface area contributed by atoms with Crippen LogP contribution in [0.5, 0.6) is 17.2 Å². The van der Waals surface area contributed by atoms with Crippen molar-refractivity contribution in [1.29, 1.82) is 0 Å². The average molecular weight is 2140 g/mol. The molecule has 0 unspecified atom stereocenters. The first-order chi connectivity index (χ1) is 69.4. The normalized spacial score (nSPS) is 12.1. The summed E-state index contributed by atoms with van der Waals surface area (Å²) in [5.74, 6) is 5.25. The maximum Gasteiger partial charge on any atom is 0.416 e. The monoisotopic (exact) mass is 2140 g/mol. The van der Waals surface area contributed by atoms with Crippen molar-refractivity contribution in [1.82, 2.24) is 0 Å². The molecule has 150 heavy (non-hydrogen) atoms. The molecule has 0 aromatic heterocycles. The highest BCUT2D eigenvalue weighted by molar-refractivity contribution is 7.86. The number of rotatable bonds is 21. The van der Waals surface area contributed by atoms with Gasteiger partial charge in [0.25, 0.3) is 5.69 Å². The number of alkyl halides is 12. The molecule has 0 atom stereocenters. The van der Waals surface area contributed by atoms with Gasteiger partial charge >= 0.3 is 34.8 Å². The molecule has 830 valence electrons. The molecular weight excluding hydrogens is 1970 g/mol. The summed E-state index contributed by atoms with van der Waals surface area (Å²) in [5, 5.41) is 10.9. The Bertz CT molecular complexity index is 5900. The van der Waals surface area contributed by atoms with E-state index in [1.54, 1.807) is 95.3 Å². The van der Waals surface area contributed by atoms with Crippen LogP contribution in [0.1, 0.15) is 434 Å². The summed E-state index contributed by atoms with van der Waals surface area (Å²) in [5.41, 5.74) is 20.2. The Hall–Kier alpha value is -10.5. The van der Waals surface area contributed by atoms with E-state index in [0.717, 1.165) is 106 Å². The second-order valence-corrected chi connectivity index (χ2v) is 43.7. The van der Waals surface area contributed by atoms with Crippen LogP contribution in [0.15, 0.2) is 200 Å². The predicted octanol–water partition coefficient (Wildman–Crippen LogP) is 41.8. The van der Waals surface area contributed by atoms with Crippen LogP contribution in [0, 0.1) is 77.1 Å². The zero-order chi connectivity index (χ0) is 115. The Kier molecular flexibility index (Phi) is 57.1. The van der Waals surface area contributed by atoms with Crippen molar-refractivity contribution >= 4 is 27.4 Å². The van der Waals surface area contributed by atoms with E-state index in [2.05, 4.69) is 145 Å². The summed E-state index contributed by atoms with van der Waals surface area (Å²) in [4.78, 5) is 10.4. The summed E-state index contributed by atoms with van der Waals surface area (Å²) in [7, 11) is -1.73. The highest BCUT2D eigenvalue weighted by Crippen LogP contribution is 2.45. The fourth-order valence-corrected chi connectivity index (χ4v) is 20.2. The third kappa shape index (κ3) is 43.2. The molecule has 0 aliphatic heterocycles. The van der Waals surface area contributed by atoms with E-state index in [9.17, 15) is 80.0 Å². The highest BCUT2D eigenvalue weighted by Gasteiger charge is 2.39. The van der Waals surface area contributed by atoms with Gasteiger partial charge in [-0.1, -0.05) is 337 Å². The number of aryl methyl sites for hydroxylation is 9. The SMILES string of the molecule is CC(C)c1c(Cl)cccc1C(F)(F)F.CC(C)c1c(F)cccc1C(F)(F)F.CCCc1cccc(C(F)(F)F)c1C(C)C.CCOc1cccc(C)c1C(C)C.COc1cccc(C)c1C(C)C.Cc1cccc(C(C)C)c1C(C)C.Cc1cccc(C(F)(F)F)c1C(C)C.Cc1cccc(C2CCCC2)c1C(C)C.Cc1cccc(F)c1C(C)C.Cc1cccc(OS(C)(=O)=O)c1C(C)C.Cc1cccc([N+](=O)[O-])c1C(C)C. The van der Waals surface area contributed by atoms with E-state index in [1.807, 2.05) is 132 Å². The van der Waals surface area contributed by atoms with Crippen molar-refractivity contribution in [3.8, 4) is 17.2 Å². The summed E-state index contributed by atoms with van der Waals surface area (Å²) < 4.78 is 215. The topological polar surface area (TPSA) is 105 Å². The van der Waals surface area contributed by atoms with Gasteiger partial charge in [0.05, 0.1) is 47.1 Å². The lowest BCUT2D eigenvalue weighted by atomic mass is 9.85. The van der Waals surface area contributed by atoms with Crippen molar-refractivity contribution in [3.63, 3.8) is 0 Å². The molecule has 0 N–H and O–H groups in total. The highest BCUT2D eigenvalue weighted by atomic mass is 35.5. The van der Waals surface area contributed by atoms with E-state index in [-0.39, 0.29) is 68.1 Å². The molecular formula is C126H168ClF14NO7S.